The summed E-state index contributed by atoms with van der Waals surface area (Å²) in [6.07, 6.45) is 2.22. The van der Waals surface area contributed by atoms with E-state index < -0.39 is 0 Å². The lowest BCUT2D eigenvalue weighted by Gasteiger charge is -2.13. The molecule has 0 spiro atoms. The summed E-state index contributed by atoms with van der Waals surface area (Å²) in [4.78, 5) is 4.19. The molecular formula is C17H27BrIN3O3. The molecule has 1 aromatic rings. The molecule has 8 heteroatoms. The fraction of sp³-hybridized carbons (Fsp3) is 0.588. The minimum atomic E-state index is 0. The Balaban J connectivity index is 0.00000312. The summed E-state index contributed by atoms with van der Waals surface area (Å²) in [6, 6.07) is 7.81. The third-order valence-corrected chi connectivity index (χ3v) is 4.03. The van der Waals surface area contributed by atoms with Crippen molar-refractivity contribution >= 4 is 45.9 Å². The van der Waals surface area contributed by atoms with Gasteiger partial charge in [-0.15, -0.1) is 24.0 Å². The van der Waals surface area contributed by atoms with Crippen molar-refractivity contribution < 1.29 is 14.2 Å². The maximum atomic E-state index is 5.73. The highest BCUT2D eigenvalue weighted by Crippen LogP contribution is 2.17. The molecular weight excluding hydrogens is 501 g/mol. The number of rotatable bonds is 9. The van der Waals surface area contributed by atoms with Crippen molar-refractivity contribution in [3.8, 4) is 5.75 Å². The lowest BCUT2D eigenvalue weighted by Crippen LogP contribution is -2.40. The van der Waals surface area contributed by atoms with Crippen LogP contribution < -0.4 is 15.4 Å². The van der Waals surface area contributed by atoms with E-state index in [0.29, 0.717) is 13.2 Å². The number of hydrogen-bond donors (Lipinski definition) is 2. The molecule has 1 heterocycles. The van der Waals surface area contributed by atoms with Crippen LogP contribution in [0.1, 0.15) is 12.8 Å². The van der Waals surface area contributed by atoms with E-state index >= 15 is 0 Å². The predicted molar refractivity (Wildman–Crippen MR) is 114 cm³/mol. The van der Waals surface area contributed by atoms with Gasteiger partial charge in [-0.1, -0.05) is 22.0 Å². The Morgan fingerprint density at radius 3 is 2.88 bits per heavy atom. The summed E-state index contributed by atoms with van der Waals surface area (Å²) in [6.45, 7) is 4.37. The third kappa shape index (κ3) is 9.62. The third-order valence-electron chi connectivity index (χ3n) is 3.54. The Labute approximate surface area is 175 Å². The maximum absolute atomic E-state index is 5.73. The van der Waals surface area contributed by atoms with Crippen molar-refractivity contribution in [1.29, 1.82) is 0 Å². The molecule has 0 radical (unpaired) electrons. The highest BCUT2D eigenvalue weighted by molar-refractivity contribution is 14.0. The smallest absolute Gasteiger partial charge is 0.191 e. The minimum absolute atomic E-state index is 0. The van der Waals surface area contributed by atoms with Crippen molar-refractivity contribution in [2.24, 2.45) is 4.99 Å². The Bertz CT molecular complexity index is 514. The first-order valence-corrected chi connectivity index (χ1v) is 9.09. The van der Waals surface area contributed by atoms with Crippen LogP contribution in [0.25, 0.3) is 0 Å². The molecule has 1 aliphatic heterocycles. The molecule has 0 bridgehead atoms. The van der Waals surface area contributed by atoms with Gasteiger partial charge in [0.15, 0.2) is 5.96 Å². The van der Waals surface area contributed by atoms with Crippen LogP contribution in [0.15, 0.2) is 33.7 Å². The molecule has 0 amide bonds. The van der Waals surface area contributed by atoms with Crippen LogP contribution in [0.2, 0.25) is 0 Å². The van der Waals surface area contributed by atoms with Crippen molar-refractivity contribution in [3.05, 3.63) is 28.7 Å². The van der Waals surface area contributed by atoms with Crippen molar-refractivity contribution in [2.75, 3.05) is 46.6 Å². The second-order valence-electron chi connectivity index (χ2n) is 5.44. The van der Waals surface area contributed by atoms with Crippen LogP contribution in [-0.2, 0) is 9.47 Å². The molecule has 1 saturated heterocycles. The first-order chi connectivity index (χ1) is 11.8. The average Bonchev–Trinajstić information content (AvgIpc) is 3.10. The molecule has 1 unspecified atom stereocenters. The number of guanidine groups is 1. The molecule has 2 rings (SSSR count). The van der Waals surface area contributed by atoms with Crippen LogP contribution in [0, 0.1) is 0 Å². The van der Waals surface area contributed by atoms with E-state index in [2.05, 4.69) is 31.6 Å². The molecule has 1 aliphatic rings. The summed E-state index contributed by atoms with van der Waals surface area (Å²) in [7, 11) is 1.76. The first kappa shape index (κ1) is 22.5. The van der Waals surface area contributed by atoms with Crippen molar-refractivity contribution in [1.82, 2.24) is 10.6 Å². The zero-order chi connectivity index (χ0) is 17.0. The van der Waals surface area contributed by atoms with Gasteiger partial charge in [-0.2, -0.15) is 0 Å². The average molecular weight is 528 g/mol. The quantitative estimate of drug-likeness (QED) is 0.224. The Morgan fingerprint density at radius 1 is 1.32 bits per heavy atom. The summed E-state index contributed by atoms with van der Waals surface area (Å²) >= 11 is 3.43. The van der Waals surface area contributed by atoms with Crippen LogP contribution in [-0.4, -0.2) is 58.6 Å². The van der Waals surface area contributed by atoms with Crippen LogP contribution in [0.4, 0.5) is 0 Å². The standard InChI is InChI=1S/C17H26BrN3O3.HI/c1-19-17(20-7-3-9-23-16-6-10-22-13-16)21-8-11-24-15-5-2-4-14(18)12-15;/h2,4-5,12,16H,3,6-11,13H2,1H3,(H2,19,20,21);1H. The molecule has 6 nitrogen and oxygen atoms in total. The fourth-order valence-corrected chi connectivity index (χ4v) is 2.67. The monoisotopic (exact) mass is 527 g/mol. The van der Waals surface area contributed by atoms with Gasteiger partial charge in [0.25, 0.3) is 0 Å². The Kier molecular flexibility index (Phi) is 12.2. The van der Waals surface area contributed by atoms with Gasteiger partial charge in [-0.3, -0.25) is 4.99 Å². The molecule has 1 atom stereocenters. The summed E-state index contributed by atoms with van der Waals surface area (Å²) < 4.78 is 17.7. The lowest BCUT2D eigenvalue weighted by molar-refractivity contribution is 0.0420. The van der Waals surface area contributed by atoms with E-state index in [1.165, 1.54) is 0 Å². The SMILES string of the molecule is CN=C(NCCCOC1CCOC1)NCCOc1cccc(Br)c1.I. The molecule has 0 saturated carbocycles. The van der Waals surface area contributed by atoms with Gasteiger partial charge < -0.3 is 24.8 Å². The minimum Gasteiger partial charge on any atom is -0.492 e. The lowest BCUT2D eigenvalue weighted by atomic mass is 10.3. The van der Waals surface area contributed by atoms with Gasteiger partial charge in [0.2, 0.25) is 0 Å². The highest BCUT2D eigenvalue weighted by atomic mass is 127. The van der Waals surface area contributed by atoms with E-state index in [1.807, 2.05) is 24.3 Å². The second-order valence-corrected chi connectivity index (χ2v) is 6.36. The normalized spacial score (nSPS) is 17.0. The number of halogens is 2. The van der Waals surface area contributed by atoms with Gasteiger partial charge in [-0.05, 0) is 31.0 Å². The zero-order valence-electron chi connectivity index (χ0n) is 14.5. The van der Waals surface area contributed by atoms with Crippen molar-refractivity contribution in [3.63, 3.8) is 0 Å². The second kappa shape index (κ2) is 13.6. The fourth-order valence-electron chi connectivity index (χ4n) is 2.29. The largest absolute Gasteiger partial charge is 0.492 e. The van der Waals surface area contributed by atoms with E-state index in [0.717, 1.165) is 55.4 Å². The number of nitrogens with one attached hydrogen (secondary N) is 2. The van der Waals surface area contributed by atoms with Gasteiger partial charge in [0.1, 0.15) is 12.4 Å². The number of benzene rings is 1. The summed E-state index contributed by atoms with van der Waals surface area (Å²) in [5.41, 5.74) is 0. The Morgan fingerprint density at radius 2 is 2.16 bits per heavy atom. The molecule has 1 fully saturated rings. The number of ether oxygens (including phenoxy) is 3. The van der Waals surface area contributed by atoms with Gasteiger partial charge in [0, 0.05) is 31.3 Å². The van der Waals surface area contributed by atoms with Gasteiger partial charge in [-0.25, -0.2) is 0 Å². The molecule has 142 valence electrons. The molecule has 0 aliphatic carbocycles. The number of hydrogen-bond acceptors (Lipinski definition) is 4. The topological polar surface area (TPSA) is 64.1 Å². The van der Waals surface area contributed by atoms with Crippen molar-refractivity contribution in [2.45, 2.75) is 18.9 Å². The number of aliphatic imine (C=N–C) groups is 1. The summed E-state index contributed by atoms with van der Waals surface area (Å²) in [5.74, 6) is 1.62. The molecule has 2 N–H and O–H groups in total. The highest BCUT2D eigenvalue weighted by Gasteiger charge is 2.15. The van der Waals surface area contributed by atoms with Crippen LogP contribution in [0.3, 0.4) is 0 Å². The van der Waals surface area contributed by atoms with Gasteiger partial charge in [0.05, 0.1) is 19.3 Å². The molecule has 0 aromatic heterocycles. The number of nitrogens with zero attached hydrogens (tertiary/aromatic N) is 1. The van der Waals surface area contributed by atoms with Gasteiger partial charge >= 0.3 is 0 Å². The predicted octanol–water partition coefficient (Wildman–Crippen LogP) is 2.81. The zero-order valence-corrected chi connectivity index (χ0v) is 18.4. The van der Waals surface area contributed by atoms with E-state index in [-0.39, 0.29) is 30.1 Å². The molecule has 1 aromatic carbocycles. The maximum Gasteiger partial charge on any atom is 0.191 e. The summed E-state index contributed by atoms with van der Waals surface area (Å²) in [5, 5.41) is 6.49. The molecule has 25 heavy (non-hydrogen) atoms. The van der Waals surface area contributed by atoms with Crippen LogP contribution >= 0.6 is 39.9 Å². The first-order valence-electron chi connectivity index (χ1n) is 8.30. The van der Waals surface area contributed by atoms with E-state index in [9.17, 15) is 0 Å². The van der Waals surface area contributed by atoms with E-state index in [1.54, 1.807) is 7.05 Å². The van der Waals surface area contributed by atoms with Crippen LogP contribution in [0.5, 0.6) is 5.75 Å². The Hall–Kier alpha value is -0.580. The van der Waals surface area contributed by atoms with E-state index in [4.69, 9.17) is 14.2 Å².